The van der Waals surface area contributed by atoms with E-state index < -0.39 is 0 Å². The fraction of sp³-hybridized carbons (Fsp3) is 0.143. The van der Waals surface area contributed by atoms with Crippen molar-refractivity contribution in [2.24, 2.45) is 0 Å². The highest BCUT2D eigenvalue weighted by Gasteiger charge is 2.13. The van der Waals surface area contributed by atoms with Gasteiger partial charge in [0.15, 0.2) is 0 Å². The molecule has 0 spiro atoms. The number of hydrogen-bond acceptors (Lipinski definition) is 2. The van der Waals surface area contributed by atoms with Gasteiger partial charge in [0.2, 0.25) is 0 Å². The van der Waals surface area contributed by atoms with Gasteiger partial charge in [-0.3, -0.25) is 0 Å². The Bertz CT molecular complexity index is 559. The first-order chi connectivity index (χ1) is 8.65. The lowest BCUT2D eigenvalue weighted by Crippen LogP contribution is -2.13. The average Bonchev–Trinajstić information content (AvgIpc) is 2.38. The number of para-hydroxylation sites is 1. The van der Waals surface area contributed by atoms with Crippen molar-refractivity contribution in [3.8, 4) is 0 Å². The Morgan fingerprint density at radius 3 is 2.44 bits per heavy atom. The van der Waals surface area contributed by atoms with E-state index in [4.69, 9.17) is 11.6 Å². The molecule has 0 aromatic heterocycles. The molecule has 0 radical (unpaired) electrons. The van der Waals surface area contributed by atoms with Crippen molar-refractivity contribution in [3.05, 3.63) is 58.9 Å². The van der Waals surface area contributed by atoms with Crippen LogP contribution in [0.3, 0.4) is 0 Å². The number of anilines is 2. The van der Waals surface area contributed by atoms with Crippen LogP contribution in [0.5, 0.6) is 0 Å². The molecule has 0 aliphatic rings. The van der Waals surface area contributed by atoms with Crippen LogP contribution >= 0.6 is 11.6 Å². The summed E-state index contributed by atoms with van der Waals surface area (Å²) >= 11 is 6.02. The lowest BCUT2D eigenvalue weighted by molar-refractivity contribution is 0.282. The molecule has 18 heavy (non-hydrogen) atoms. The van der Waals surface area contributed by atoms with Crippen molar-refractivity contribution in [1.82, 2.24) is 0 Å². The van der Waals surface area contributed by atoms with Gasteiger partial charge in [-0.05, 0) is 24.3 Å². The van der Waals surface area contributed by atoms with Gasteiger partial charge in [-0.2, -0.15) is 0 Å². The lowest BCUT2D eigenvalue weighted by atomic mass is 10.1. The maximum atomic E-state index is 13.7. The van der Waals surface area contributed by atoms with Crippen molar-refractivity contribution in [2.45, 2.75) is 6.61 Å². The predicted molar refractivity (Wildman–Crippen MR) is 71.8 cm³/mol. The molecule has 0 saturated heterocycles. The maximum absolute atomic E-state index is 13.7. The van der Waals surface area contributed by atoms with Gasteiger partial charge in [0.1, 0.15) is 5.82 Å². The highest BCUT2D eigenvalue weighted by molar-refractivity contribution is 6.31. The van der Waals surface area contributed by atoms with Crippen molar-refractivity contribution in [1.29, 1.82) is 0 Å². The van der Waals surface area contributed by atoms with E-state index in [0.29, 0.717) is 22.0 Å². The minimum absolute atomic E-state index is 0.187. The Morgan fingerprint density at radius 1 is 1.11 bits per heavy atom. The molecule has 2 aromatic carbocycles. The first-order valence-electron chi connectivity index (χ1n) is 5.51. The molecule has 0 fully saturated rings. The molecule has 0 saturated carbocycles. The van der Waals surface area contributed by atoms with E-state index in [0.717, 1.165) is 0 Å². The van der Waals surface area contributed by atoms with E-state index in [-0.39, 0.29) is 12.4 Å². The number of halogens is 2. The fourth-order valence-electron chi connectivity index (χ4n) is 1.87. The van der Waals surface area contributed by atoms with Gasteiger partial charge in [-0.15, -0.1) is 0 Å². The third-order valence-electron chi connectivity index (χ3n) is 2.83. The van der Waals surface area contributed by atoms with E-state index >= 15 is 0 Å². The molecule has 0 bridgehead atoms. The Labute approximate surface area is 110 Å². The van der Waals surface area contributed by atoms with Crippen LogP contribution in [0.2, 0.25) is 5.02 Å². The van der Waals surface area contributed by atoms with Crippen LogP contribution < -0.4 is 4.90 Å². The number of rotatable bonds is 3. The Balaban J connectivity index is 2.50. The van der Waals surface area contributed by atoms with Crippen LogP contribution in [0, 0.1) is 5.82 Å². The number of aliphatic hydroxyl groups excluding tert-OH is 1. The molecule has 0 aliphatic carbocycles. The van der Waals surface area contributed by atoms with Gasteiger partial charge in [0, 0.05) is 23.3 Å². The van der Waals surface area contributed by atoms with Crippen LogP contribution in [0.1, 0.15) is 5.56 Å². The van der Waals surface area contributed by atoms with E-state index in [1.54, 1.807) is 48.3 Å². The topological polar surface area (TPSA) is 23.5 Å². The minimum atomic E-state index is -0.316. The molecule has 2 aromatic rings. The van der Waals surface area contributed by atoms with Crippen LogP contribution in [0.15, 0.2) is 42.5 Å². The summed E-state index contributed by atoms with van der Waals surface area (Å²) < 4.78 is 13.7. The van der Waals surface area contributed by atoms with Gasteiger partial charge in [-0.25, -0.2) is 4.39 Å². The average molecular weight is 266 g/mol. The third kappa shape index (κ3) is 2.33. The molecule has 2 rings (SSSR count). The van der Waals surface area contributed by atoms with Crippen molar-refractivity contribution < 1.29 is 9.50 Å². The van der Waals surface area contributed by atoms with Crippen LogP contribution in [0.4, 0.5) is 15.8 Å². The van der Waals surface area contributed by atoms with Gasteiger partial charge in [0.25, 0.3) is 0 Å². The molecule has 0 heterocycles. The first kappa shape index (κ1) is 12.9. The summed E-state index contributed by atoms with van der Waals surface area (Å²) in [5.74, 6) is -0.316. The molecule has 0 amide bonds. The largest absolute Gasteiger partial charge is 0.392 e. The third-order valence-corrected chi connectivity index (χ3v) is 3.18. The SMILES string of the molecule is CN(c1ccccc1F)c1cccc(Cl)c1CO. The summed E-state index contributed by atoms with van der Waals surface area (Å²) in [6, 6.07) is 11.7. The summed E-state index contributed by atoms with van der Waals surface area (Å²) in [6.07, 6.45) is 0. The van der Waals surface area contributed by atoms with E-state index in [9.17, 15) is 9.50 Å². The molecule has 0 aliphatic heterocycles. The van der Waals surface area contributed by atoms with Gasteiger partial charge in [0.05, 0.1) is 12.3 Å². The Morgan fingerprint density at radius 2 is 1.78 bits per heavy atom. The number of hydrogen-bond donors (Lipinski definition) is 1. The van der Waals surface area contributed by atoms with Gasteiger partial charge < -0.3 is 10.0 Å². The van der Waals surface area contributed by atoms with E-state index in [2.05, 4.69) is 0 Å². The zero-order valence-corrected chi connectivity index (χ0v) is 10.7. The summed E-state index contributed by atoms with van der Waals surface area (Å²) in [4.78, 5) is 1.67. The maximum Gasteiger partial charge on any atom is 0.146 e. The van der Waals surface area contributed by atoms with Crippen LogP contribution in [0.25, 0.3) is 0 Å². The quantitative estimate of drug-likeness (QED) is 0.914. The normalized spacial score (nSPS) is 10.4. The minimum Gasteiger partial charge on any atom is -0.392 e. The molecule has 0 atom stereocenters. The monoisotopic (exact) mass is 265 g/mol. The highest BCUT2D eigenvalue weighted by Crippen LogP contribution is 2.32. The van der Waals surface area contributed by atoms with E-state index in [1.165, 1.54) is 6.07 Å². The van der Waals surface area contributed by atoms with Gasteiger partial charge in [-0.1, -0.05) is 29.8 Å². The fourth-order valence-corrected chi connectivity index (χ4v) is 2.10. The zero-order chi connectivity index (χ0) is 13.1. The number of nitrogens with zero attached hydrogens (tertiary/aromatic N) is 1. The predicted octanol–water partition coefficient (Wildman–Crippen LogP) is 3.74. The second kappa shape index (κ2) is 5.38. The summed E-state index contributed by atoms with van der Waals surface area (Å²) in [5, 5.41) is 9.83. The molecular weight excluding hydrogens is 253 g/mol. The standard InChI is InChI=1S/C14H13ClFNO/c1-17(14-7-3-2-6-12(14)16)13-8-4-5-11(15)10(13)9-18/h2-8,18H,9H2,1H3. The summed E-state index contributed by atoms with van der Waals surface area (Å²) in [6.45, 7) is -0.187. The van der Waals surface area contributed by atoms with E-state index in [1.807, 2.05) is 0 Å². The molecule has 4 heteroatoms. The van der Waals surface area contributed by atoms with Crippen LogP contribution in [-0.2, 0) is 6.61 Å². The second-order valence-electron chi connectivity index (χ2n) is 3.91. The van der Waals surface area contributed by atoms with Crippen LogP contribution in [-0.4, -0.2) is 12.2 Å². The summed E-state index contributed by atoms with van der Waals surface area (Å²) in [7, 11) is 1.74. The van der Waals surface area contributed by atoms with Crippen molar-refractivity contribution >= 4 is 23.0 Å². The molecule has 1 N–H and O–H groups in total. The molecule has 0 unspecified atom stereocenters. The van der Waals surface area contributed by atoms with Gasteiger partial charge >= 0.3 is 0 Å². The number of aliphatic hydroxyl groups is 1. The molecular formula is C14H13ClFNO. The first-order valence-corrected chi connectivity index (χ1v) is 5.89. The Kier molecular flexibility index (Phi) is 3.84. The smallest absolute Gasteiger partial charge is 0.146 e. The molecule has 94 valence electrons. The Hall–Kier alpha value is -1.58. The van der Waals surface area contributed by atoms with Crippen molar-refractivity contribution in [3.63, 3.8) is 0 Å². The zero-order valence-electron chi connectivity index (χ0n) is 9.90. The number of benzene rings is 2. The lowest BCUT2D eigenvalue weighted by Gasteiger charge is -2.23. The second-order valence-corrected chi connectivity index (χ2v) is 4.31. The molecule has 2 nitrogen and oxygen atoms in total. The van der Waals surface area contributed by atoms with Crippen molar-refractivity contribution in [2.75, 3.05) is 11.9 Å². The highest BCUT2D eigenvalue weighted by atomic mass is 35.5. The summed E-state index contributed by atoms with van der Waals surface area (Å²) in [5.41, 5.74) is 1.72.